The highest BCUT2D eigenvalue weighted by atomic mass is 32.2. The van der Waals surface area contributed by atoms with Crippen LogP contribution in [0.5, 0.6) is 0 Å². The van der Waals surface area contributed by atoms with E-state index in [2.05, 4.69) is 12.2 Å². The molecule has 7 heteroatoms. The van der Waals surface area contributed by atoms with Gasteiger partial charge in [0, 0.05) is 17.9 Å². The second-order valence-corrected chi connectivity index (χ2v) is 8.90. The number of aliphatic hydroxyl groups excluding tert-OH is 2. The Morgan fingerprint density at radius 3 is 1.76 bits per heavy atom. The molecule has 6 nitrogen and oxygen atoms in total. The minimum atomic E-state index is -1.07. The molecule has 0 saturated heterocycles. The zero-order chi connectivity index (χ0) is 21.7. The molecule has 29 heavy (non-hydrogen) atoms. The monoisotopic (exact) mass is 433 g/mol. The van der Waals surface area contributed by atoms with Gasteiger partial charge in [-0.1, -0.05) is 84.0 Å². The molecule has 0 rings (SSSR count). The molecule has 0 aliphatic heterocycles. The summed E-state index contributed by atoms with van der Waals surface area (Å²) in [7, 11) is 0. The van der Waals surface area contributed by atoms with E-state index in [9.17, 15) is 19.8 Å². The third kappa shape index (κ3) is 18.9. The van der Waals surface area contributed by atoms with E-state index >= 15 is 0 Å². The van der Waals surface area contributed by atoms with Gasteiger partial charge in [0.25, 0.3) is 0 Å². The normalized spacial score (nSPS) is 13.2. The van der Waals surface area contributed by atoms with Gasteiger partial charge in [0.2, 0.25) is 5.91 Å². The van der Waals surface area contributed by atoms with Crippen molar-refractivity contribution in [1.29, 1.82) is 0 Å². The van der Waals surface area contributed by atoms with E-state index in [1.165, 1.54) is 76.0 Å². The summed E-state index contributed by atoms with van der Waals surface area (Å²) in [5.74, 6) is -0.885. The fourth-order valence-corrected chi connectivity index (χ4v) is 4.09. The summed E-state index contributed by atoms with van der Waals surface area (Å²) in [5.41, 5.74) is 0. The molecule has 0 aliphatic rings. The highest BCUT2D eigenvalue weighted by Crippen LogP contribution is 2.13. The minimum absolute atomic E-state index is 0.177. The second-order valence-electron chi connectivity index (χ2n) is 7.82. The SMILES string of the molecule is CCCCCCCCCCCCCCCC(=O)N[C@@H](CSCC(O)CO)C(=O)O. The number of aliphatic hydroxyl groups is 2. The van der Waals surface area contributed by atoms with Crippen LogP contribution in [0.2, 0.25) is 0 Å². The number of thioether (sulfide) groups is 1. The Labute approximate surface area is 181 Å². The van der Waals surface area contributed by atoms with Gasteiger partial charge >= 0.3 is 5.97 Å². The van der Waals surface area contributed by atoms with Gasteiger partial charge in [-0.25, -0.2) is 4.79 Å². The van der Waals surface area contributed by atoms with Crippen LogP contribution in [-0.4, -0.2) is 57.5 Å². The summed E-state index contributed by atoms with van der Waals surface area (Å²) in [6.07, 6.45) is 15.6. The standard InChI is InChI=1S/C22H43NO5S/c1-2-3-4-5-6-7-8-9-10-11-12-13-14-15-21(26)23-20(22(27)28)18-29-17-19(25)16-24/h19-20,24-25H,2-18H2,1H3,(H,23,26)(H,27,28)/t19?,20-/m0/s1. The molecule has 0 bridgehead atoms. The maximum Gasteiger partial charge on any atom is 0.327 e. The molecule has 4 N–H and O–H groups in total. The number of hydrogen-bond donors (Lipinski definition) is 4. The number of unbranched alkanes of at least 4 members (excludes halogenated alkanes) is 12. The van der Waals surface area contributed by atoms with Crippen LogP contribution < -0.4 is 5.32 Å². The van der Waals surface area contributed by atoms with Crippen LogP contribution in [-0.2, 0) is 9.59 Å². The molecule has 1 unspecified atom stereocenters. The van der Waals surface area contributed by atoms with Gasteiger partial charge in [-0.05, 0) is 6.42 Å². The number of amides is 1. The third-order valence-electron chi connectivity index (χ3n) is 4.95. The van der Waals surface area contributed by atoms with Crippen molar-refractivity contribution >= 4 is 23.6 Å². The number of nitrogens with one attached hydrogen (secondary N) is 1. The third-order valence-corrected chi connectivity index (χ3v) is 6.14. The predicted octanol–water partition coefficient (Wildman–Crippen LogP) is 4.12. The summed E-state index contributed by atoms with van der Waals surface area (Å²) in [4.78, 5) is 23.2. The highest BCUT2D eigenvalue weighted by Gasteiger charge is 2.20. The average molecular weight is 434 g/mol. The van der Waals surface area contributed by atoms with E-state index in [1.54, 1.807) is 0 Å². The van der Waals surface area contributed by atoms with Crippen molar-refractivity contribution in [1.82, 2.24) is 5.32 Å². The Hall–Kier alpha value is -0.790. The predicted molar refractivity (Wildman–Crippen MR) is 120 cm³/mol. The first-order chi connectivity index (χ1) is 14.0. The van der Waals surface area contributed by atoms with E-state index < -0.39 is 18.1 Å². The molecular formula is C22H43NO5S. The van der Waals surface area contributed by atoms with Crippen LogP contribution in [0.3, 0.4) is 0 Å². The Morgan fingerprint density at radius 2 is 1.31 bits per heavy atom. The zero-order valence-corrected chi connectivity index (χ0v) is 19.1. The van der Waals surface area contributed by atoms with Gasteiger partial charge in [-0.15, -0.1) is 0 Å². The number of carboxylic acids is 1. The summed E-state index contributed by atoms with van der Waals surface area (Å²) in [6, 6.07) is -0.958. The fourth-order valence-electron chi connectivity index (χ4n) is 3.12. The summed E-state index contributed by atoms with van der Waals surface area (Å²) < 4.78 is 0. The van der Waals surface area contributed by atoms with Crippen molar-refractivity contribution in [2.75, 3.05) is 18.1 Å². The average Bonchev–Trinajstić information content (AvgIpc) is 2.70. The Kier molecular flexibility index (Phi) is 19.9. The van der Waals surface area contributed by atoms with Crippen molar-refractivity contribution in [2.45, 2.75) is 109 Å². The molecule has 0 saturated carbocycles. The smallest absolute Gasteiger partial charge is 0.327 e. The number of hydrogen-bond acceptors (Lipinski definition) is 5. The van der Waals surface area contributed by atoms with Crippen LogP contribution in [0.25, 0.3) is 0 Å². The topological polar surface area (TPSA) is 107 Å². The van der Waals surface area contributed by atoms with E-state index in [4.69, 9.17) is 5.11 Å². The fraction of sp³-hybridized carbons (Fsp3) is 0.909. The molecule has 1 amide bonds. The van der Waals surface area contributed by atoms with Crippen molar-refractivity contribution in [3.63, 3.8) is 0 Å². The molecule has 172 valence electrons. The number of aliphatic carboxylic acids is 1. The molecule has 2 atom stereocenters. The van der Waals surface area contributed by atoms with Crippen molar-refractivity contribution < 1.29 is 24.9 Å². The minimum Gasteiger partial charge on any atom is -0.480 e. The van der Waals surface area contributed by atoms with Crippen molar-refractivity contribution in [3.05, 3.63) is 0 Å². The Balaban J connectivity index is 3.58. The van der Waals surface area contributed by atoms with Crippen molar-refractivity contribution in [3.8, 4) is 0 Å². The van der Waals surface area contributed by atoms with Crippen LogP contribution in [0, 0.1) is 0 Å². The van der Waals surface area contributed by atoms with E-state index in [0.717, 1.165) is 19.3 Å². The van der Waals surface area contributed by atoms with Gasteiger partial charge in [0.1, 0.15) is 6.04 Å². The second kappa shape index (κ2) is 20.5. The summed E-state index contributed by atoms with van der Waals surface area (Å²) in [6.45, 7) is 1.89. The number of carboxylic acid groups (broad SMARTS) is 1. The quantitative estimate of drug-likeness (QED) is 0.203. The number of carbonyl (C=O) groups is 2. The van der Waals surface area contributed by atoms with Crippen LogP contribution in [0.4, 0.5) is 0 Å². The van der Waals surface area contributed by atoms with Gasteiger partial charge < -0.3 is 20.6 Å². The Bertz CT molecular complexity index is 409. The summed E-state index contributed by atoms with van der Waals surface area (Å²) in [5, 5.41) is 29.8. The maximum atomic E-state index is 11.9. The van der Waals surface area contributed by atoms with E-state index in [0.29, 0.717) is 6.42 Å². The molecule has 0 aromatic heterocycles. The first-order valence-corrected chi connectivity index (χ1v) is 12.6. The number of carbonyl (C=O) groups excluding carboxylic acids is 1. The molecule has 0 aliphatic carbocycles. The van der Waals surface area contributed by atoms with Gasteiger partial charge in [-0.3, -0.25) is 4.79 Å². The lowest BCUT2D eigenvalue weighted by Gasteiger charge is -2.15. The first kappa shape index (κ1) is 28.2. The van der Waals surface area contributed by atoms with E-state index in [-0.39, 0.29) is 24.0 Å². The lowest BCUT2D eigenvalue weighted by molar-refractivity contribution is -0.141. The molecule has 0 fully saturated rings. The molecular weight excluding hydrogens is 390 g/mol. The van der Waals surface area contributed by atoms with Crippen molar-refractivity contribution in [2.24, 2.45) is 0 Å². The molecule has 0 heterocycles. The van der Waals surface area contributed by atoms with Gasteiger partial charge in [0.15, 0.2) is 0 Å². The lowest BCUT2D eigenvalue weighted by Crippen LogP contribution is -2.42. The van der Waals surface area contributed by atoms with Gasteiger partial charge in [-0.2, -0.15) is 11.8 Å². The highest BCUT2D eigenvalue weighted by molar-refractivity contribution is 7.99. The Morgan fingerprint density at radius 1 is 0.828 bits per heavy atom. The zero-order valence-electron chi connectivity index (χ0n) is 18.2. The molecule has 0 radical (unpaired) electrons. The molecule has 0 aromatic carbocycles. The van der Waals surface area contributed by atoms with Crippen LogP contribution >= 0.6 is 11.8 Å². The largest absolute Gasteiger partial charge is 0.480 e. The van der Waals surface area contributed by atoms with Crippen LogP contribution in [0.1, 0.15) is 96.8 Å². The summed E-state index contributed by atoms with van der Waals surface area (Å²) >= 11 is 1.21. The molecule has 0 spiro atoms. The lowest BCUT2D eigenvalue weighted by atomic mass is 10.0. The number of rotatable bonds is 21. The van der Waals surface area contributed by atoms with E-state index in [1.807, 2.05) is 0 Å². The van der Waals surface area contributed by atoms with Gasteiger partial charge in [0.05, 0.1) is 12.7 Å². The molecule has 0 aromatic rings. The first-order valence-electron chi connectivity index (χ1n) is 11.4. The van der Waals surface area contributed by atoms with Crippen LogP contribution in [0.15, 0.2) is 0 Å². The maximum absolute atomic E-state index is 11.9.